The number of piperidine rings is 1. The van der Waals surface area contributed by atoms with Crippen LogP contribution in [0.25, 0.3) is 11.0 Å². The zero-order chi connectivity index (χ0) is 22.3. The molecule has 7 nitrogen and oxygen atoms in total. The molecule has 32 heavy (non-hydrogen) atoms. The first-order chi connectivity index (χ1) is 15.4. The van der Waals surface area contributed by atoms with E-state index in [1.54, 1.807) is 12.1 Å². The molecule has 1 aromatic carbocycles. The van der Waals surface area contributed by atoms with Crippen LogP contribution in [0.1, 0.15) is 18.9 Å². The van der Waals surface area contributed by atoms with Crippen molar-refractivity contribution in [1.29, 1.82) is 0 Å². The molecule has 0 bridgehead atoms. The molecule has 170 valence electrons. The zero-order valence-corrected chi connectivity index (χ0v) is 19.6. The standard InChI is InChI=1S/C24H31N5O2S/c1-26-12-10-21(11-13-26)29-14-9-19-3-8-23(25-24(19)29)28-17-15-27(16-18-28)20-4-6-22(7-5-20)32(2,30)31/h3-9,14,21H,10-13,15-18H2,1-2H3. The molecule has 2 aliphatic rings. The second-order valence-corrected chi connectivity index (χ2v) is 11.1. The van der Waals surface area contributed by atoms with E-state index >= 15 is 0 Å². The minimum absolute atomic E-state index is 0.366. The van der Waals surface area contributed by atoms with E-state index in [9.17, 15) is 8.42 Å². The lowest BCUT2D eigenvalue weighted by molar-refractivity contribution is 0.223. The molecular formula is C24H31N5O2S. The summed E-state index contributed by atoms with van der Waals surface area (Å²) in [6, 6.07) is 14.3. The monoisotopic (exact) mass is 453 g/mol. The van der Waals surface area contributed by atoms with Gasteiger partial charge in [-0.3, -0.25) is 0 Å². The van der Waals surface area contributed by atoms with E-state index in [4.69, 9.17) is 4.98 Å². The van der Waals surface area contributed by atoms with Crippen molar-refractivity contribution < 1.29 is 8.42 Å². The van der Waals surface area contributed by atoms with Crippen LogP contribution in [-0.4, -0.2) is 75.4 Å². The van der Waals surface area contributed by atoms with E-state index in [2.05, 4.69) is 50.7 Å². The van der Waals surface area contributed by atoms with Crippen molar-refractivity contribution in [2.75, 3.05) is 62.4 Å². The van der Waals surface area contributed by atoms with Gasteiger partial charge < -0.3 is 19.3 Å². The smallest absolute Gasteiger partial charge is 0.175 e. The van der Waals surface area contributed by atoms with Crippen LogP contribution in [0.5, 0.6) is 0 Å². The average molecular weight is 454 g/mol. The Morgan fingerprint density at radius 2 is 1.50 bits per heavy atom. The number of pyridine rings is 1. The fraction of sp³-hybridized carbons (Fsp3) is 0.458. The molecule has 2 aromatic heterocycles. The van der Waals surface area contributed by atoms with Gasteiger partial charge in [-0.05, 0) is 75.4 Å². The molecular weight excluding hydrogens is 422 g/mol. The molecule has 4 heterocycles. The molecule has 0 spiro atoms. The average Bonchev–Trinajstić information content (AvgIpc) is 3.22. The maximum Gasteiger partial charge on any atom is 0.175 e. The minimum atomic E-state index is -3.16. The van der Waals surface area contributed by atoms with Crippen LogP contribution in [0.3, 0.4) is 0 Å². The summed E-state index contributed by atoms with van der Waals surface area (Å²) in [7, 11) is -0.968. The van der Waals surface area contributed by atoms with Gasteiger partial charge >= 0.3 is 0 Å². The first kappa shape index (κ1) is 21.3. The van der Waals surface area contributed by atoms with E-state index in [0.717, 1.165) is 56.4 Å². The van der Waals surface area contributed by atoms with Gasteiger partial charge in [0.05, 0.1) is 4.90 Å². The van der Waals surface area contributed by atoms with Gasteiger partial charge in [0, 0.05) is 55.7 Å². The Hall–Kier alpha value is -2.58. The number of fused-ring (bicyclic) bond motifs is 1. The fourth-order valence-corrected chi connectivity index (χ4v) is 5.49. The fourth-order valence-electron chi connectivity index (χ4n) is 4.86. The van der Waals surface area contributed by atoms with Gasteiger partial charge in [0.15, 0.2) is 9.84 Å². The highest BCUT2D eigenvalue weighted by Gasteiger charge is 2.22. The van der Waals surface area contributed by atoms with Crippen LogP contribution in [0.15, 0.2) is 53.6 Å². The molecule has 2 aliphatic heterocycles. The lowest BCUT2D eigenvalue weighted by atomic mass is 10.1. The number of hydrogen-bond acceptors (Lipinski definition) is 6. The summed E-state index contributed by atoms with van der Waals surface area (Å²) < 4.78 is 25.8. The summed E-state index contributed by atoms with van der Waals surface area (Å²) in [6.07, 6.45) is 5.79. The van der Waals surface area contributed by atoms with Crippen molar-refractivity contribution in [3.8, 4) is 0 Å². The molecule has 0 amide bonds. The van der Waals surface area contributed by atoms with Gasteiger partial charge in [-0.15, -0.1) is 0 Å². The lowest BCUT2D eigenvalue weighted by Crippen LogP contribution is -2.46. The number of benzene rings is 1. The first-order valence-electron chi connectivity index (χ1n) is 11.3. The Morgan fingerprint density at radius 3 is 2.16 bits per heavy atom. The van der Waals surface area contributed by atoms with Crippen molar-refractivity contribution in [3.63, 3.8) is 0 Å². The Kier molecular flexibility index (Phi) is 5.59. The molecule has 0 saturated carbocycles. The topological polar surface area (TPSA) is 61.7 Å². The number of anilines is 2. The molecule has 0 unspecified atom stereocenters. The van der Waals surface area contributed by atoms with Gasteiger partial charge in [0.1, 0.15) is 11.5 Å². The molecule has 8 heteroatoms. The molecule has 0 N–H and O–H groups in total. The highest BCUT2D eigenvalue weighted by atomic mass is 32.2. The zero-order valence-electron chi connectivity index (χ0n) is 18.8. The van der Waals surface area contributed by atoms with E-state index < -0.39 is 9.84 Å². The molecule has 0 atom stereocenters. The largest absolute Gasteiger partial charge is 0.368 e. The number of nitrogens with zero attached hydrogens (tertiary/aromatic N) is 5. The molecule has 3 aromatic rings. The first-order valence-corrected chi connectivity index (χ1v) is 13.2. The summed E-state index contributed by atoms with van der Waals surface area (Å²) in [4.78, 5) is 12.5. The Labute approximate surface area is 190 Å². The maximum absolute atomic E-state index is 11.7. The van der Waals surface area contributed by atoms with Crippen LogP contribution >= 0.6 is 0 Å². The Bertz CT molecular complexity index is 1190. The van der Waals surface area contributed by atoms with Crippen LogP contribution in [0.4, 0.5) is 11.5 Å². The Balaban J connectivity index is 1.29. The number of hydrogen-bond donors (Lipinski definition) is 0. The number of aromatic nitrogens is 2. The Morgan fingerprint density at radius 1 is 0.844 bits per heavy atom. The van der Waals surface area contributed by atoms with Gasteiger partial charge in [-0.2, -0.15) is 0 Å². The third-order valence-corrected chi connectivity index (χ3v) is 7.99. The highest BCUT2D eigenvalue weighted by Crippen LogP contribution is 2.28. The number of piperazine rings is 1. The summed E-state index contributed by atoms with van der Waals surface area (Å²) in [5.74, 6) is 1.04. The lowest BCUT2D eigenvalue weighted by Gasteiger charge is -2.37. The summed E-state index contributed by atoms with van der Waals surface area (Å²) >= 11 is 0. The van der Waals surface area contributed by atoms with Gasteiger partial charge in [0.2, 0.25) is 0 Å². The van der Waals surface area contributed by atoms with E-state index in [0.29, 0.717) is 10.9 Å². The van der Waals surface area contributed by atoms with Crippen molar-refractivity contribution in [2.24, 2.45) is 0 Å². The predicted octanol–water partition coefficient (Wildman–Crippen LogP) is 3.03. The predicted molar refractivity (Wildman–Crippen MR) is 129 cm³/mol. The van der Waals surface area contributed by atoms with Gasteiger partial charge in [0.25, 0.3) is 0 Å². The highest BCUT2D eigenvalue weighted by molar-refractivity contribution is 7.90. The van der Waals surface area contributed by atoms with Crippen molar-refractivity contribution in [1.82, 2.24) is 14.5 Å². The van der Waals surface area contributed by atoms with Crippen molar-refractivity contribution in [2.45, 2.75) is 23.8 Å². The van der Waals surface area contributed by atoms with Crippen LogP contribution in [0, 0.1) is 0 Å². The minimum Gasteiger partial charge on any atom is -0.368 e. The van der Waals surface area contributed by atoms with E-state index in [1.807, 2.05) is 12.1 Å². The van der Waals surface area contributed by atoms with Crippen molar-refractivity contribution in [3.05, 3.63) is 48.7 Å². The van der Waals surface area contributed by atoms with E-state index in [-0.39, 0.29) is 0 Å². The van der Waals surface area contributed by atoms with Crippen LogP contribution in [-0.2, 0) is 9.84 Å². The quantitative estimate of drug-likeness (QED) is 0.605. The van der Waals surface area contributed by atoms with E-state index in [1.165, 1.54) is 24.5 Å². The van der Waals surface area contributed by atoms with Crippen molar-refractivity contribution >= 4 is 32.4 Å². The van der Waals surface area contributed by atoms with Crippen LogP contribution in [0.2, 0.25) is 0 Å². The molecule has 2 saturated heterocycles. The molecule has 5 rings (SSSR count). The van der Waals surface area contributed by atoms with Gasteiger partial charge in [-0.1, -0.05) is 0 Å². The molecule has 0 radical (unpaired) electrons. The third kappa shape index (κ3) is 4.21. The number of sulfone groups is 1. The summed E-state index contributed by atoms with van der Waals surface area (Å²) in [6.45, 7) is 5.82. The van der Waals surface area contributed by atoms with Gasteiger partial charge in [-0.25, -0.2) is 13.4 Å². The maximum atomic E-state index is 11.7. The third-order valence-electron chi connectivity index (χ3n) is 6.87. The second kappa shape index (κ2) is 8.41. The second-order valence-electron chi connectivity index (χ2n) is 9.08. The van der Waals surface area contributed by atoms with Crippen LogP contribution < -0.4 is 9.80 Å². The normalized spacial score (nSPS) is 19.1. The summed E-state index contributed by atoms with van der Waals surface area (Å²) in [5.41, 5.74) is 2.16. The SMILES string of the molecule is CN1CCC(n2ccc3ccc(N4CCN(c5ccc(S(C)(=O)=O)cc5)CC4)nc32)CC1. The molecule has 2 fully saturated rings. The number of likely N-dealkylation sites (tertiary alicyclic amines) is 1. The molecule has 0 aliphatic carbocycles. The summed E-state index contributed by atoms with van der Waals surface area (Å²) in [5, 5.41) is 1.21. The number of rotatable bonds is 4.